The highest BCUT2D eigenvalue weighted by Crippen LogP contribution is 2.31. The molecule has 0 aromatic heterocycles. The summed E-state index contributed by atoms with van der Waals surface area (Å²) in [4.78, 5) is 15.1. The SMILES string of the molecule is Cc1cccc(Nc2ccccc2C(=O)N2CCC(N)C(C)(C)C2)c1C.Cl.Cl. The molecular formula is C22H31Cl2N3O. The van der Waals surface area contributed by atoms with Gasteiger partial charge in [0.05, 0.1) is 11.3 Å². The van der Waals surface area contributed by atoms with Crippen molar-refractivity contribution < 1.29 is 4.79 Å². The van der Waals surface area contributed by atoms with Gasteiger partial charge in [0.1, 0.15) is 0 Å². The van der Waals surface area contributed by atoms with E-state index in [0.29, 0.717) is 18.7 Å². The lowest BCUT2D eigenvalue weighted by atomic mass is 9.79. The smallest absolute Gasteiger partial charge is 0.255 e. The standard InChI is InChI=1S/C22H29N3O.2ClH/c1-15-8-7-11-18(16(15)2)24-19-10-6-5-9-17(19)21(26)25-13-12-20(23)22(3,4)14-25;;/h5-11,20,24H,12-14,23H2,1-4H3;2*1H. The Morgan fingerprint density at radius 3 is 2.39 bits per heavy atom. The van der Waals surface area contributed by atoms with Crippen molar-refractivity contribution in [3.05, 3.63) is 59.2 Å². The molecule has 1 unspecified atom stereocenters. The summed E-state index contributed by atoms with van der Waals surface area (Å²) in [5.41, 5.74) is 11.2. The molecule has 1 aliphatic rings. The molecule has 3 rings (SSSR count). The minimum absolute atomic E-state index is 0. The van der Waals surface area contributed by atoms with E-state index in [4.69, 9.17) is 5.73 Å². The second kappa shape index (κ2) is 9.64. The van der Waals surface area contributed by atoms with Crippen LogP contribution in [0.2, 0.25) is 0 Å². The lowest BCUT2D eigenvalue weighted by Crippen LogP contribution is -2.54. The molecule has 28 heavy (non-hydrogen) atoms. The van der Waals surface area contributed by atoms with Crippen LogP contribution in [0.5, 0.6) is 0 Å². The first-order valence-corrected chi connectivity index (χ1v) is 9.27. The number of nitrogens with one attached hydrogen (secondary N) is 1. The number of benzene rings is 2. The van der Waals surface area contributed by atoms with E-state index in [-0.39, 0.29) is 42.2 Å². The molecule has 1 amide bonds. The van der Waals surface area contributed by atoms with Crippen LogP contribution in [0.1, 0.15) is 41.8 Å². The average molecular weight is 424 g/mol. The van der Waals surface area contributed by atoms with Gasteiger partial charge in [0.2, 0.25) is 0 Å². The third kappa shape index (κ3) is 4.99. The average Bonchev–Trinajstić information content (AvgIpc) is 2.61. The van der Waals surface area contributed by atoms with Gasteiger partial charge in [-0.2, -0.15) is 0 Å². The van der Waals surface area contributed by atoms with Crippen LogP contribution < -0.4 is 11.1 Å². The predicted octanol–water partition coefficient (Wildman–Crippen LogP) is 5.09. The molecule has 1 saturated heterocycles. The van der Waals surface area contributed by atoms with Gasteiger partial charge in [0.15, 0.2) is 0 Å². The van der Waals surface area contributed by atoms with E-state index < -0.39 is 0 Å². The monoisotopic (exact) mass is 423 g/mol. The Balaban J connectivity index is 0.00000196. The van der Waals surface area contributed by atoms with Gasteiger partial charge in [0.25, 0.3) is 5.91 Å². The summed E-state index contributed by atoms with van der Waals surface area (Å²) in [5, 5.41) is 3.46. The molecule has 1 fully saturated rings. The summed E-state index contributed by atoms with van der Waals surface area (Å²) in [7, 11) is 0. The van der Waals surface area contributed by atoms with Crippen LogP contribution in [-0.4, -0.2) is 29.9 Å². The summed E-state index contributed by atoms with van der Waals surface area (Å²) >= 11 is 0. The number of para-hydroxylation sites is 1. The molecule has 2 aromatic rings. The molecule has 0 saturated carbocycles. The summed E-state index contributed by atoms with van der Waals surface area (Å²) in [6.45, 7) is 9.86. The van der Waals surface area contributed by atoms with Gasteiger partial charge in [-0.05, 0) is 55.0 Å². The van der Waals surface area contributed by atoms with Crippen LogP contribution in [0.15, 0.2) is 42.5 Å². The summed E-state index contributed by atoms with van der Waals surface area (Å²) in [5.74, 6) is 0.0679. The Morgan fingerprint density at radius 2 is 1.71 bits per heavy atom. The lowest BCUT2D eigenvalue weighted by Gasteiger charge is -2.42. The predicted molar refractivity (Wildman–Crippen MR) is 122 cm³/mol. The molecule has 0 aliphatic carbocycles. The third-order valence-electron chi connectivity index (χ3n) is 5.63. The maximum Gasteiger partial charge on any atom is 0.255 e. The summed E-state index contributed by atoms with van der Waals surface area (Å²) < 4.78 is 0. The zero-order chi connectivity index (χ0) is 18.9. The van der Waals surface area contributed by atoms with Crippen LogP contribution in [0, 0.1) is 19.3 Å². The van der Waals surface area contributed by atoms with Crippen molar-refractivity contribution in [2.24, 2.45) is 11.1 Å². The molecule has 1 heterocycles. The first-order chi connectivity index (χ1) is 12.3. The highest BCUT2D eigenvalue weighted by Gasteiger charge is 2.36. The topological polar surface area (TPSA) is 58.4 Å². The fourth-order valence-corrected chi connectivity index (χ4v) is 3.53. The number of carbonyl (C=O) groups is 1. The first kappa shape index (κ1) is 24.3. The zero-order valence-corrected chi connectivity index (χ0v) is 18.6. The largest absolute Gasteiger partial charge is 0.355 e. The highest BCUT2D eigenvalue weighted by atomic mass is 35.5. The minimum Gasteiger partial charge on any atom is -0.355 e. The van der Waals surface area contributed by atoms with Crippen molar-refractivity contribution in [2.75, 3.05) is 18.4 Å². The number of amides is 1. The zero-order valence-electron chi connectivity index (χ0n) is 17.0. The molecule has 0 spiro atoms. The Hall–Kier alpha value is -1.75. The molecule has 1 aliphatic heterocycles. The molecule has 1 atom stereocenters. The third-order valence-corrected chi connectivity index (χ3v) is 5.63. The number of hydrogen-bond acceptors (Lipinski definition) is 3. The van der Waals surface area contributed by atoms with Crippen molar-refractivity contribution in [1.82, 2.24) is 4.90 Å². The number of rotatable bonds is 3. The fraction of sp³-hybridized carbons (Fsp3) is 0.409. The number of nitrogens with zero attached hydrogens (tertiary/aromatic N) is 1. The van der Waals surface area contributed by atoms with Crippen molar-refractivity contribution >= 4 is 42.1 Å². The van der Waals surface area contributed by atoms with Gasteiger partial charge in [-0.1, -0.05) is 38.1 Å². The number of halogens is 2. The van der Waals surface area contributed by atoms with Crippen LogP contribution in [0.4, 0.5) is 11.4 Å². The van der Waals surface area contributed by atoms with Gasteiger partial charge in [0, 0.05) is 24.8 Å². The van der Waals surface area contributed by atoms with Gasteiger partial charge in [-0.3, -0.25) is 4.79 Å². The number of carbonyl (C=O) groups excluding carboxylic acids is 1. The number of nitrogens with two attached hydrogens (primary N) is 1. The van der Waals surface area contributed by atoms with Gasteiger partial charge in [-0.15, -0.1) is 24.8 Å². The maximum absolute atomic E-state index is 13.2. The van der Waals surface area contributed by atoms with Crippen LogP contribution in [-0.2, 0) is 0 Å². The van der Waals surface area contributed by atoms with Gasteiger partial charge in [-0.25, -0.2) is 0 Å². The Bertz CT molecular complexity index is 823. The number of hydrogen-bond donors (Lipinski definition) is 2. The highest BCUT2D eigenvalue weighted by molar-refractivity contribution is 6.00. The van der Waals surface area contributed by atoms with E-state index in [2.05, 4.69) is 39.1 Å². The number of likely N-dealkylation sites (tertiary alicyclic amines) is 1. The molecule has 6 heteroatoms. The van der Waals surface area contributed by atoms with Crippen LogP contribution in [0.25, 0.3) is 0 Å². The maximum atomic E-state index is 13.2. The van der Waals surface area contributed by atoms with E-state index in [1.165, 1.54) is 11.1 Å². The molecule has 0 radical (unpaired) electrons. The molecule has 3 N–H and O–H groups in total. The Kier molecular flexibility index (Phi) is 8.36. The van der Waals surface area contributed by atoms with Crippen molar-refractivity contribution in [3.63, 3.8) is 0 Å². The van der Waals surface area contributed by atoms with Gasteiger partial charge >= 0.3 is 0 Å². The van der Waals surface area contributed by atoms with E-state index >= 15 is 0 Å². The van der Waals surface area contributed by atoms with Crippen LogP contribution in [0.3, 0.4) is 0 Å². The normalized spacial score (nSPS) is 17.9. The quantitative estimate of drug-likeness (QED) is 0.722. The fourth-order valence-electron chi connectivity index (χ4n) is 3.53. The van der Waals surface area contributed by atoms with E-state index in [1.54, 1.807) is 0 Å². The molecule has 4 nitrogen and oxygen atoms in total. The Labute approximate surface area is 180 Å². The molecule has 0 bridgehead atoms. The minimum atomic E-state index is -0.0661. The van der Waals surface area contributed by atoms with E-state index in [1.807, 2.05) is 41.3 Å². The van der Waals surface area contributed by atoms with Gasteiger partial charge < -0.3 is 16.0 Å². The second-order valence-electron chi connectivity index (χ2n) is 8.03. The second-order valence-corrected chi connectivity index (χ2v) is 8.03. The number of anilines is 2. The van der Waals surface area contributed by atoms with Crippen molar-refractivity contribution in [1.29, 1.82) is 0 Å². The Morgan fingerprint density at radius 1 is 1.07 bits per heavy atom. The van der Waals surface area contributed by atoms with Crippen molar-refractivity contribution in [2.45, 2.75) is 40.2 Å². The molecule has 2 aromatic carbocycles. The summed E-state index contributed by atoms with van der Waals surface area (Å²) in [6, 6.07) is 14.1. The lowest BCUT2D eigenvalue weighted by molar-refractivity contribution is 0.0534. The first-order valence-electron chi connectivity index (χ1n) is 9.27. The van der Waals surface area contributed by atoms with E-state index in [0.717, 1.165) is 17.8 Å². The molecule has 154 valence electrons. The van der Waals surface area contributed by atoms with Crippen LogP contribution >= 0.6 is 24.8 Å². The van der Waals surface area contributed by atoms with Crippen molar-refractivity contribution in [3.8, 4) is 0 Å². The van der Waals surface area contributed by atoms with E-state index in [9.17, 15) is 4.79 Å². The summed E-state index contributed by atoms with van der Waals surface area (Å²) in [6.07, 6.45) is 0.839. The number of aryl methyl sites for hydroxylation is 1. The molecular weight excluding hydrogens is 393 g/mol. The number of piperidine rings is 1.